The highest BCUT2D eigenvalue weighted by molar-refractivity contribution is 9.10. The molecule has 0 radical (unpaired) electrons. The van der Waals surface area contributed by atoms with Crippen LogP contribution < -0.4 is 10.2 Å². The Kier molecular flexibility index (Phi) is 5.04. The highest BCUT2D eigenvalue weighted by atomic mass is 79.9. The van der Waals surface area contributed by atoms with Crippen molar-refractivity contribution in [2.75, 3.05) is 36.4 Å². The maximum Gasteiger partial charge on any atom is 0.321 e. The van der Waals surface area contributed by atoms with Gasteiger partial charge in [0.05, 0.1) is 5.69 Å². The average molecular weight is 392 g/mol. The molecule has 2 aromatic rings. The summed E-state index contributed by atoms with van der Waals surface area (Å²) >= 11 is 3.47. The summed E-state index contributed by atoms with van der Waals surface area (Å²) < 4.78 is 14.8. The lowest BCUT2D eigenvalue weighted by molar-refractivity contribution is 0.208. The highest BCUT2D eigenvalue weighted by Gasteiger charge is 2.22. The van der Waals surface area contributed by atoms with Crippen LogP contribution in [0.5, 0.6) is 0 Å². The van der Waals surface area contributed by atoms with Gasteiger partial charge in [-0.2, -0.15) is 0 Å². The first-order valence-electron chi connectivity index (χ1n) is 7.86. The van der Waals surface area contributed by atoms with Crippen molar-refractivity contribution < 1.29 is 9.18 Å². The number of benzene rings is 2. The topological polar surface area (TPSA) is 35.6 Å². The molecular weight excluding hydrogens is 373 g/mol. The number of rotatable bonds is 2. The van der Waals surface area contributed by atoms with Crippen LogP contribution in [0.2, 0.25) is 0 Å². The summed E-state index contributed by atoms with van der Waals surface area (Å²) in [4.78, 5) is 16.1. The number of nitrogens with one attached hydrogen (secondary N) is 1. The number of hydrogen-bond donors (Lipinski definition) is 1. The van der Waals surface area contributed by atoms with Gasteiger partial charge in [0.15, 0.2) is 0 Å². The van der Waals surface area contributed by atoms with Gasteiger partial charge in [-0.05, 0) is 36.8 Å². The Labute approximate surface area is 149 Å². The Balaban J connectivity index is 1.59. The summed E-state index contributed by atoms with van der Waals surface area (Å²) in [5, 5.41) is 2.91. The number of halogens is 2. The van der Waals surface area contributed by atoms with Crippen molar-refractivity contribution in [2.24, 2.45) is 0 Å². The van der Waals surface area contributed by atoms with E-state index < -0.39 is 0 Å². The number of anilines is 2. The van der Waals surface area contributed by atoms with Crippen molar-refractivity contribution >= 4 is 33.3 Å². The van der Waals surface area contributed by atoms with Gasteiger partial charge in [-0.3, -0.25) is 0 Å². The number of piperazine rings is 1. The summed E-state index contributed by atoms with van der Waals surface area (Å²) in [6, 6.07) is 12.3. The van der Waals surface area contributed by atoms with Crippen LogP contribution in [0.25, 0.3) is 0 Å². The third-order valence-electron chi connectivity index (χ3n) is 4.18. The number of hydrogen-bond acceptors (Lipinski definition) is 2. The number of urea groups is 1. The van der Waals surface area contributed by atoms with Crippen molar-refractivity contribution in [1.82, 2.24) is 4.90 Å². The van der Waals surface area contributed by atoms with E-state index in [0.29, 0.717) is 31.9 Å². The van der Waals surface area contributed by atoms with Crippen molar-refractivity contribution in [3.05, 3.63) is 58.3 Å². The Hall–Kier alpha value is -2.08. The molecule has 1 saturated heterocycles. The van der Waals surface area contributed by atoms with E-state index in [4.69, 9.17) is 0 Å². The standard InChI is InChI=1S/C18H19BrFN3O/c1-13-6-7-14(12-15(13)19)21-18(24)23-10-8-22(9-11-23)17-5-3-2-4-16(17)20/h2-7,12H,8-11H2,1H3,(H,21,24). The van der Waals surface area contributed by atoms with E-state index in [2.05, 4.69) is 21.2 Å². The molecule has 0 aliphatic carbocycles. The third kappa shape index (κ3) is 3.70. The summed E-state index contributed by atoms with van der Waals surface area (Å²) in [5.41, 5.74) is 2.47. The predicted octanol–water partition coefficient (Wildman–Crippen LogP) is 4.25. The van der Waals surface area contributed by atoms with Gasteiger partial charge in [0.25, 0.3) is 0 Å². The number of para-hydroxylation sites is 1. The van der Waals surface area contributed by atoms with Crippen LogP contribution >= 0.6 is 15.9 Å². The summed E-state index contributed by atoms with van der Waals surface area (Å²) in [5.74, 6) is -0.222. The van der Waals surface area contributed by atoms with Crippen LogP contribution in [-0.2, 0) is 0 Å². The zero-order valence-corrected chi connectivity index (χ0v) is 15.0. The largest absolute Gasteiger partial charge is 0.366 e. The number of carbonyl (C=O) groups excluding carboxylic acids is 1. The monoisotopic (exact) mass is 391 g/mol. The molecule has 0 spiro atoms. The molecule has 0 atom stereocenters. The minimum Gasteiger partial charge on any atom is -0.366 e. The Morgan fingerprint density at radius 2 is 1.83 bits per heavy atom. The average Bonchev–Trinajstić information content (AvgIpc) is 2.59. The summed E-state index contributed by atoms with van der Waals surface area (Å²) in [7, 11) is 0. The fraction of sp³-hybridized carbons (Fsp3) is 0.278. The molecule has 24 heavy (non-hydrogen) atoms. The summed E-state index contributed by atoms with van der Waals surface area (Å²) in [6.45, 7) is 4.36. The molecule has 3 rings (SSSR count). The predicted molar refractivity (Wildman–Crippen MR) is 98.1 cm³/mol. The molecule has 0 bridgehead atoms. The fourth-order valence-corrected chi connectivity index (χ4v) is 3.11. The summed E-state index contributed by atoms with van der Waals surface area (Å²) in [6.07, 6.45) is 0. The molecular formula is C18H19BrFN3O. The van der Waals surface area contributed by atoms with Crippen molar-refractivity contribution in [1.29, 1.82) is 0 Å². The van der Waals surface area contributed by atoms with E-state index in [1.807, 2.05) is 36.1 Å². The maximum absolute atomic E-state index is 13.8. The number of aryl methyl sites for hydroxylation is 1. The van der Waals surface area contributed by atoms with E-state index in [0.717, 1.165) is 15.7 Å². The molecule has 0 aromatic heterocycles. The van der Waals surface area contributed by atoms with E-state index in [-0.39, 0.29) is 11.8 Å². The fourth-order valence-electron chi connectivity index (χ4n) is 2.73. The minimum atomic E-state index is -0.222. The molecule has 1 fully saturated rings. The van der Waals surface area contributed by atoms with Crippen LogP contribution in [0.4, 0.5) is 20.6 Å². The smallest absolute Gasteiger partial charge is 0.321 e. The van der Waals surface area contributed by atoms with Gasteiger partial charge in [0.2, 0.25) is 0 Å². The zero-order valence-electron chi connectivity index (χ0n) is 13.4. The molecule has 2 amide bonds. The first-order valence-corrected chi connectivity index (χ1v) is 8.65. The second-order valence-corrected chi connectivity index (χ2v) is 6.67. The molecule has 4 nitrogen and oxygen atoms in total. The molecule has 1 N–H and O–H groups in total. The SMILES string of the molecule is Cc1ccc(NC(=O)N2CCN(c3ccccc3F)CC2)cc1Br. The van der Waals surface area contributed by atoms with Gasteiger partial charge in [0.1, 0.15) is 5.82 Å². The molecule has 1 heterocycles. The van der Waals surface area contributed by atoms with Gasteiger partial charge in [-0.1, -0.05) is 34.1 Å². The van der Waals surface area contributed by atoms with E-state index in [1.54, 1.807) is 17.0 Å². The molecule has 0 saturated carbocycles. The second kappa shape index (κ2) is 7.21. The third-order valence-corrected chi connectivity index (χ3v) is 5.04. The second-order valence-electron chi connectivity index (χ2n) is 5.82. The number of nitrogens with zero attached hydrogens (tertiary/aromatic N) is 2. The zero-order chi connectivity index (χ0) is 17.1. The highest BCUT2D eigenvalue weighted by Crippen LogP contribution is 2.22. The van der Waals surface area contributed by atoms with Gasteiger partial charge < -0.3 is 15.1 Å². The van der Waals surface area contributed by atoms with Crippen LogP contribution in [-0.4, -0.2) is 37.1 Å². The first kappa shape index (κ1) is 16.8. The van der Waals surface area contributed by atoms with Crippen molar-refractivity contribution in [3.8, 4) is 0 Å². The van der Waals surface area contributed by atoms with Gasteiger partial charge in [-0.15, -0.1) is 0 Å². The Morgan fingerprint density at radius 1 is 1.12 bits per heavy atom. The molecule has 1 aliphatic heterocycles. The van der Waals surface area contributed by atoms with E-state index >= 15 is 0 Å². The van der Waals surface area contributed by atoms with E-state index in [1.165, 1.54) is 6.07 Å². The molecule has 126 valence electrons. The van der Waals surface area contributed by atoms with Gasteiger partial charge >= 0.3 is 6.03 Å². The lowest BCUT2D eigenvalue weighted by Crippen LogP contribution is -2.50. The van der Waals surface area contributed by atoms with Crippen LogP contribution in [0, 0.1) is 12.7 Å². The Morgan fingerprint density at radius 3 is 2.50 bits per heavy atom. The van der Waals surface area contributed by atoms with Crippen LogP contribution in [0.15, 0.2) is 46.9 Å². The molecule has 2 aromatic carbocycles. The van der Waals surface area contributed by atoms with E-state index in [9.17, 15) is 9.18 Å². The van der Waals surface area contributed by atoms with Gasteiger partial charge in [-0.25, -0.2) is 9.18 Å². The molecule has 0 unspecified atom stereocenters. The van der Waals surface area contributed by atoms with Gasteiger partial charge in [0, 0.05) is 36.3 Å². The number of carbonyl (C=O) groups is 1. The molecule has 1 aliphatic rings. The minimum absolute atomic E-state index is 0.126. The first-order chi connectivity index (χ1) is 11.5. The number of amides is 2. The lowest BCUT2D eigenvalue weighted by atomic mass is 10.2. The lowest BCUT2D eigenvalue weighted by Gasteiger charge is -2.36. The Bertz CT molecular complexity index is 745. The maximum atomic E-state index is 13.8. The van der Waals surface area contributed by atoms with Crippen molar-refractivity contribution in [2.45, 2.75) is 6.92 Å². The van der Waals surface area contributed by atoms with Crippen LogP contribution in [0.3, 0.4) is 0 Å². The normalized spacial score (nSPS) is 14.6. The van der Waals surface area contributed by atoms with Crippen LogP contribution in [0.1, 0.15) is 5.56 Å². The van der Waals surface area contributed by atoms with Crippen molar-refractivity contribution in [3.63, 3.8) is 0 Å². The quantitative estimate of drug-likeness (QED) is 0.830. The molecule has 6 heteroatoms.